The summed E-state index contributed by atoms with van der Waals surface area (Å²) in [5, 5.41) is 0. The predicted octanol–water partition coefficient (Wildman–Crippen LogP) is 3.49. The zero-order chi connectivity index (χ0) is 18.1. The van der Waals surface area contributed by atoms with Crippen molar-refractivity contribution in [3.8, 4) is 17.2 Å². The van der Waals surface area contributed by atoms with Crippen LogP contribution in [-0.4, -0.2) is 51.0 Å². The van der Waals surface area contributed by atoms with E-state index in [2.05, 4.69) is 46.2 Å². The standard InChI is InChI=1S/C22H26N2O3/c1-2-4-20-19(3-1)17(8-14-25-20)7-9-23-10-12-24(13-11-23)18-5-6-21-22(15-18)27-16-26-21/h1-6,15,17H,7-14,16H2. The molecule has 0 radical (unpaired) electrons. The molecule has 2 aromatic rings. The summed E-state index contributed by atoms with van der Waals surface area (Å²) < 4.78 is 16.7. The second-order valence-corrected chi connectivity index (χ2v) is 7.53. The van der Waals surface area contributed by atoms with E-state index in [9.17, 15) is 0 Å². The van der Waals surface area contributed by atoms with Gasteiger partial charge in [-0.05, 0) is 49.1 Å². The van der Waals surface area contributed by atoms with Gasteiger partial charge in [0.1, 0.15) is 5.75 Å². The van der Waals surface area contributed by atoms with Crippen molar-refractivity contribution >= 4 is 5.69 Å². The number of anilines is 1. The van der Waals surface area contributed by atoms with Gasteiger partial charge in [-0.25, -0.2) is 0 Å². The van der Waals surface area contributed by atoms with Gasteiger partial charge >= 0.3 is 0 Å². The molecule has 1 unspecified atom stereocenters. The van der Waals surface area contributed by atoms with Crippen molar-refractivity contribution in [3.05, 3.63) is 48.0 Å². The van der Waals surface area contributed by atoms with E-state index in [1.165, 1.54) is 17.7 Å². The monoisotopic (exact) mass is 366 g/mol. The Kier molecular flexibility index (Phi) is 4.54. The quantitative estimate of drug-likeness (QED) is 0.827. The van der Waals surface area contributed by atoms with E-state index in [0.29, 0.717) is 12.7 Å². The molecule has 1 saturated heterocycles. The van der Waals surface area contributed by atoms with Crippen LogP contribution in [0.5, 0.6) is 17.2 Å². The summed E-state index contributed by atoms with van der Waals surface area (Å²) in [6, 6.07) is 14.8. The molecule has 1 fully saturated rings. The van der Waals surface area contributed by atoms with Gasteiger partial charge < -0.3 is 19.1 Å². The van der Waals surface area contributed by atoms with Crippen LogP contribution >= 0.6 is 0 Å². The van der Waals surface area contributed by atoms with E-state index in [1.807, 2.05) is 6.07 Å². The second kappa shape index (κ2) is 7.31. The summed E-state index contributed by atoms with van der Waals surface area (Å²) in [6.45, 7) is 6.68. The van der Waals surface area contributed by atoms with Crippen molar-refractivity contribution in [1.82, 2.24) is 4.90 Å². The fraction of sp³-hybridized carbons (Fsp3) is 0.455. The van der Waals surface area contributed by atoms with Gasteiger partial charge in [-0.1, -0.05) is 18.2 Å². The molecule has 27 heavy (non-hydrogen) atoms. The summed E-state index contributed by atoms with van der Waals surface area (Å²) in [6.07, 6.45) is 2.35. The van der Waals surface area contributed by atoms with Crippen LogP contribution in [0.25, 0.3) is 0 Å². The van der Waals surface area contributed by atoms with E-state index < -0.39 is 0 Å². The fourth-order valence-corrected chi connectivity index (χ4v) is 4.37. The number of piperazine rings is 1. The number of para-hydroxylation sites is 1. The van der Waals surface area contributed by atoms with Crippen LogP contribution in [-0.2, 0) is 0 Å². The molecule has 1 atom stereocenters. The summed E-state index contributed by atoms with van der Waals surface area (Å²) >= 11 is 0. The predicted molar refractivity (Wildman–Crippen MR) is 105 cm³/mol. The SMILES string of the molecule is c1ccc2c(c1)OCCC2CCN1CCN(c2ccc3c(c2)OCO3)CC1. The van der Waals surface area contributed by atoms with Crippen molar-refractivity contribution in [2.24, 2.45) is 0 Å². The smallest absolute Gasteiger partial charge is 0.231 e. The van der Waals surface area contributed by atoms with Gasteiger partial charge in [-0.2, -0.15) is 0 Å². The molecular weight excluding hydrogens is 340 g/mol. The minimum absolute atomic E-state index is 0.335. The third-order valence-corrected chi connectivity index (χ3v) is 5.97. The average molecular weight is 366 g/mol. The normalized spacial score (nSPS) is 21.6. The molecule has 0 aliphatic carbocycles. The van der Waals surface area contributed by atoms with Crippen LogP contribution in [0.3, 0.4) is 0 Å². The van der Waals surface area contributed by atoms with Gasteiger partial charge in [0.05, 0.1) is 6.61 Å². The van der Waals surface area contributed by atoms with Crippen LogP contribution in [0.2, 0.25) is 0 Å². The lowest BCUT2D eigenvalue weighted by atomic mass is 9.90. The molecule has 142 valence electrons. The minimum atomic E-state index is 0.335. The Bertz CT molecular complexity index is 802. The molecule has 3 heterocycles. The molecule has 5 nitrogen and oxygen atoms in total. The van der Waals surface area contributed by atoms with Crippen molar-refractivity contribution in [2.45, 2.75) is 18.8 Å². The van der Waals surface area contributed by atoms with Crippen LogP contribution in [0.15, 0.2) is 42.5 Å². The molecule has 0 N–H and O–H groups in total. The third-order valence-electron chi connectivity index (χ3n) is 5.97. The van der Waals surface area contributed by atoms with Crippen LogP contribution in [0.1, 0.15) is 24.3 Å². The molecule has 5 heteroatoms. The van der Waals surface area contributed by atoms with Gasteiger partial charge in [-0.3, -0.25) is 4.90 Å². The Morgan fingerprint density at radius 1 is 0.852 bits per heavy atom. The van der Waals surface area contributed by atoms with Gasteiger partial charge in [0.2, 0.25) is 6.79 Å². The summed E-state index contributed by atoms with van der Waals surface area (Å²) in [4.78, 5) is 5.05. The minimum Gasteiger partial charge on any atom is -0.493 e. The molecule has 0 spiro atoms. The van der Waals surface area contributed by atoms with E-state index in [1.54, 1.807) is 0 Å². The maximum absolute atomic E-state index is 5.80. The van der Waals surface area contributed by atoms with Gasteiger partial charge in [-0.15, -0.1) is 0 Å². The fourth-order valence-electron chi connectivity index (χ4n) is 4.37. The highest BCUT2D eigenvalue weighted by atomic mass is 16.7. The lowest BCUT2D eigenvalue weighted by Crippen LogP contribution is -2.46. The third kappa shape index (κ3) is 3.44. The zero-order valence-electron chi connectivity index (χ0n) is 15.6. The summed E-state index contributed by atoms with van der Waals surface area (Å²) in [7, 11) is 0. The highest BCUT2D eigenvalue weighted by molar-refractivity contribution is 5.57. The Morgan fingerprint density at radius 2 is 1.70 bits per heavy atom. The number of rotatable bonds is 4. The average Bonchev–Trinajstić information content (AvgIpc) is 3.20. The molecule has 2 aromatic carbocycles. The molecule has 3 aliphatic rings. The maximum atomic E-state index is 5.80. The Hall–Kier alpha value is -2.40. The molecule has 0 aromatic heterocycles. The number of fused-ring (bicyclic) bond motifs is 2. The van der Waals surface area contributed by atoms with Crippen molar-refractivity contribution < 1.29 is 14.2 Å². The van der Waals surface area contributed by atoms with E-state index in [4.69, 9.17) is 14.2 Å². The number of hydrogen-bond donors (Lipinski definition) is 0. The van der Waals surface area contributed by atoms with Crippen molar-refractivity contribution in [2.75, 3.05) is 51.0 Å². The van der Waals surface area contributed by atoms with Crippen molar-refractivity contribution in [1.29, 1.82) is 0 Å². The van der Waals surface area contributed by atoms with Crippen LogP contribution in [0, 0.1) is 0 Å². The number of ether oxygens (including phenoxy) is 3. The number of hydrogen-bond acceptors (Lipinski definition) is 5. The van der Waals surface area contributed by atoms with E-state index >= 15 is 0 Å². The van der Waals surface area contributed by atoms with Gasteiger partial charge in [0.15, 0.2) is 11.5 Å². The van der Waals surface area contributed by atoms with E-state index in [-0.39, 0.29) is 0 Å². The first kappa shape index (κ1) is 16.8. The van der Waals surface area contributed by atoms with Gasteiger partial charge in [0, 0.05) is 37.9 Å². The Balaban J connectivity index is 1.15. The molecular formula is C22H26N2O3. The first-order valence-electron chi connectivity index (χ1n) is 9.95. The Morgan fingerprint density at radius 3 is 2.63 bits per heavy atom. The van der Waals surface area contributed by atoms with Crippen LogP contribution in [0.4, 0.5) is 5.69 Å². The number of benzene rings is 2. The lowest BCUT2D eigenvalue weighted by molar-refractivity contribution is 0.174. The topological polar surface area (TPSA) is 34.2 Å². The summed E-state index contributed by atoms with van der Waals surface area (Å²) in [5.74, 6) is 3.44. The lowest BCUT2D eigenvalue weighted by Gasteiger charge is -2.37. The molecule has 0 bridgehead atoms. The highest BCUT2D eigenvalue weighted by Crippen LogP contribution is 2.37. The second-order valence-electron chi connectivity index (χ2n) is 7.53. The van der Waals surface area contributed by atoms with E-state index in [0.717, 1.165) is 63.0 Å². The highest BCUT2D eigenvalue weighted by Gasteiger charge is 2.24. The molecule has 0 amide bonds. The first-order valence-corrected chi connectivity index (χ1v) is 9.95. The molecule has 0 saturated carbocycles. The van der Waals surface area contributed by atoms with Gasteiger partial charge in [0.25, 0.3) is 0 Å². The van der Waals surface area contributed by atoms with Crippen molar-refractivity contribution in [3.63, 3.8) is 0 Å². The zero-order valence-corrected chi connectivity index (χ0v) is 15.6. The Labute approximate surface area is 160 Å². The first-order chi connectivity index (χ1) is 13.4. The largest absolute Gasteiger partial charge is 0.493 e. The number of nitrogens with zero attached hydrogens (tertiary/aromatic N) is 2. The maximum Gasteiger partial charge on any atom is 0.231 e. The molecule has 3 aliphatic heterocycles. The molecule has 5 rings (SSSR count). The van der Waals surface area contributed by atoms with Crippen LogP contribution < -0.4 is 19.1 Å². The summed E-state index contributed by atoms with van der Waals surface area (Å²) in [5.41, 5.74) is 2.63.